The maximum absolute atomic E-state index is 12.7. The van der Waals surface area contributed by atoms with Gasteiger partial charge in [0.1, 0.15) is 11.3 Å². The van der Waals surface area contributed by atoms with Gasteiger partial charge in [0.15, 0.2) is 22.9 Å². The lowest BCUT2D eigenvalue weighted by atomic mass is 10.2. The molecule has 0 atom stereocenters. The van der Waals surface area contributed by atoms with Crippen LogP contribution in [0.4, 0.5) is 11.5 Å². The first-order valence-corrected chi connectivity index (χ1v) is 7.94. The molecule has 0 aliphatic carbocycles. The van der Waals surface area contributed by atoms with Crippen LogP contribution in [0.25, 0.3) is 16.7 Å². The standard InChI is InChI=1S/C18H16N4O4/c1-10-19-13-6-5-11(8-15(13)26-10)20-16-12(9-23)18(24)22-7-3-4-14(25-2)17(22)21-16/h3-8,20,23H,9H2,1-2H3. The molecule has 1 aromatic carbocycles. The number of oxazole rings is 1. The van der Waals surface area contributed by atoms with E-state index in [2.05, 4.69) is 15.3 Å². The lowest BCUT2D eigenvalue weighted by molar-refractivity contribution is 0.280. The number of rotatable bonds is 4. The number of aryl methyl sites for hydroxylation is 1. The summed E-state index contributed by atoms with van der Waals surface area (Å²) in [6, 6.07) is 8.78. The first kappa shape index (κ1) is 16.1. The SMILES string of the molecule is COc1cccn2c(=O)c(CO)c(Nc3ccc4nc(C)oc4c3)nc12. The van der Waals surface area contributed by atoms with E-state index in [1.54, 1.807) is 43.5 Å². The summed E-state index contributed by atoms with van der Waals surface area (Å²) in [4.78, 5) is 21.4. The van der Waals surface area contributed by atoms with E-state index < -0.39 is 6.61 Å². The first-order chi connectivity index (χ1) is 12.6. The Labute approximate surface area is 147 Å². The highest BCUT2D eigenvalue weighted by molar-refractivity contribution is 5.79. The minimum Gasteiger partial charge on any atom is -0.493 e. The third-order valence-electron chi connectivity index (χ3n) is 4.05. The molecule has 0 fully saturated rings. The van der Waals surface area contributed by atoms with Gasteiger partial charge in [0.2, 0.25) is 0 Å². The number of aliphatic hydroxyl groups excluding tert-OH is 1. The van der Waals surface area contributed by atoms with E-state index in [1.807, 2.05) is 0 Å². The molecule has 0 aliphatic heterocycles. The number of pyridine rings is 1. The van der Waals surface area contributed by atoms with E-state index in [-0.39, 0.29) is 16.9 Å². The summed E-state index contributed by atoms with van der Waals surface area (Å²) in [5, 5.41) is 12.8. The van der Waals surface area contributed by atoms with Crippen molar-refractivity contribution in [3.63, 3.8) is 0 Å². The van der Waals surface area contributed by atoms with Crippen LogP contribution < -0.4 is 15.6 Å². The molecule has 0 aliphatic rings. The van der Waals surface area contributed by atoms with Gasteiger partial charge in [0, 0.05) is 24.9 Å². The van der Waals surface area contributed by atoms with Gasteiger partial charge >= 0.3 is 0 Å². The fraction of sp³-hybridized carbons (Fsp3) is 0.167. The molecule has 4 aromatic rings. The third-order valence-corrected chi connectivity index (χ3v) is 4.05. The molecule has 4 rings (SSSR count). The van der Waals surface area contributed by atoms with Gasteiger partial charge in [-0.25, -0.2) is 9.97 Å². The normalized spacial score (nSPS) is 11.2. The largest absolute Gasteiger partial charge is 0.493 e. The molecule has 132 valence electrons. The molecule has 2 N–H and O–H groups in total. The zero-order valence-corrected chi connectivity index (χ0v) is 14.2. The minimum atomic E-state index is -0.446. The summed E-state index contributed by atoms with van der Waals surface area (Å²) < 4.78 is 12.2. The fourth-order valence-electron chi connectivity index (χ4n) is 2.83. The van der Waals surface area contributed by atoms with Crippen LogP contribution in [0.3, 0.4) is 0 Å². The molecule has 0 bridgehead atoms. The van der Waals surface area contributed by atoms with Crippen LogP contribution in [-0.4, -0.2) is 26.6 Å². The number of fused-ring (bicyclic) bond motifs is 2. The van der Waals surface area contributed by atoms with Crippen LogP contribution >= 0.6 is 0 Å². The van der Waals surface area contributed by atoms with Gasteiger partial charge in [0.05, 0.1) is 19.3 Å². The van der Waals surface area contributed by atoms with E-state index in [0.29, 0.717) is 28.6 Å². The number of benzene rings is 1. The zero-order chi connectivity index (χ0) is 18.3. The van der Waals surface area contributed by atoms with Crippen LogP contribution in [-0.2, 0) is 6.61 Å². The van der Waals surface area contributed by atoms with Crippen molar-refractivity contribution in [1.29, 1.82) is 0 Å². The maximum atomic E-state index is 12.7. The first-order valence-electron chi connectivity index (χ1n) is 7.94. The number of aliphatic hydroxyl groups is 1. The Bertz CT molecular complexity index is 1180. The maximum Gasteiger partial charge on any atom is 0.265 e. The lowest BCUT2D eigenvalue weighted by Gasteiger charge is -2.13. The van der Waals surface area contributed by atoms with Crippen molar-refractivity contribution < 1.29 is 14.3 Å². The predicted octanol–water partition coefficient (Wildman–Crippen LogP) is 2.39. The molecule has 0 saturated heterocycles. The molecule has 3 aromatic heterocycles. The second-order valence-corrected chi connectivity index (χ2v) is 5.71. The van der Waals surface area contributed by atoms with Gasteiger partial charge in [-0.3, -0.25) is 9.20 Å². The Morgan fingerprint density at radius 1 is 1.31 bits per heavy atom. The van der Waals surface area contributed by atoms with Crippen molar-refractivity contribution in [3.05, 3.63) is 58.3 Å². The van der Waals surface area contributed by atoms with E-state index in [1.165, 1.54) is 11.5 Å². The summed E-state index contributed by atoms with van der Waals surface area (Å²) in [5.74, 6) is 1.29. The predicted molar refractivity (Wildman–Crippen MR) is 96.0 cm³/mol. The number of nitrogens with zero attached hydrogens (tertiary/aromatic N) is 3. The van der Waals surface area contributed by atoms with E-state index >= 15 is 0 Å². The molecule has 0 radical (unpaired) electrons. The highest BCUT2D eigenvalue weighted by atomic mass is 16.5. The van der Waals surface area contributed by atoms with Gasteiger partial charge < -0.3 is 19.6 Å². The Balaban J connectivity index is 1.87. The number of nitrogens with one attached hydrogen (secondary N) is 1. The monoisotopic (exact) mass is 352 g/mol. The summed E-state index contributed by atoms with van der Waals surface area (Å²) in [6.45, 7) is 1.33. The van der Waals surface area contributed by atoms with Crippen LogP contribution in [0.5, 0.6) is 5.75 Å². The van der Waals surface area contributed by atoms with Gasteiger partial charge in [-0.1, -0.05) is 0 Å². The molecule has 26 heavy (non-hydrogen) atoms. The molecule has 3 heterocycles. The van der Waals surface area contributed by atoms with E-state index in [9.17, 15) is 9.90 Å². The van der Waals surface area contributed by atoms with Gasteiger partial charge in [-0.2, -0.15) is 0 Å². The van der Waals surface area contributed by atoms with Crippen molar-refractivity contribution in [2.24, 2.45) is 0 Å². The molecule has 0 amide bonds. The third kappa shape index (κ3) is 2.56. The molecule has 8 nitrogen and oxygen atoms in total. The highest BCUT2D eigenvalue weighted by Gasteiger charge is 2.15. The number of ether oxygens (including phenoxy) is 1. The van der Waals surface area contributed by atoms with Gasteiger partial charge in [-0.15, -0.1) is 0 Å². The molecular weight excluding hydrogens is 336 g/mol. The van der Waals surface area contributed by atoms with Crippen LogP contribution in [0.2, 0.25) is 0 Å². The van der Waals surface area contributed by atoms with E-state index in [4.69, 9.17) is 9.15 Å². The summed E-state index contributed by atoms with van der Waals surface area (Å²) in [6.07, 6.45) is 1.58. The van der Waals surface area contributed by atoms with Crippen molar-refractivity contribution >= 4 is 28.3 Å². The van der Waals surface area contributed by atoms with Crippen LogP contribution in [0.1, 0.15) is 11.5 Å². The Morgan fingerprint density at radius 2 is 2.15 bits per heavy atom. The topological polar surface area (TPSA) is 102 Å². The smallest absolute Gasteiger partial charge is 0.265 e. The van der Waals surface area contributed by atoms with Gasteiger partial charge in [-0.05, 0) is 24.3 Å². The summed E-state index contributed by atoms with van der Waals surface area (Å²) >= 11 is 0. The average molecular weight is 352 g/mol. The fourth-order valence-corrected chi connectivity index (χ4v) is 2.83. The average Bonchev–Trinajstić information content (AvgIpc) is 3.01. The quantitative estimate of drug-likeness (QED) is 0.581. The highest BCUT2D eigenvalue weighted by Crippen LogP contribution is 2.25. The van der Waals surface area contributed by atoms with Crippen LogP contribution in [0, 0.1) is 6.92 Å². The Morgan fingerprint density at radius 3 is 2.92 bits per heavy atom. The van der Waals surface area contributed by atoms with Crippen LogP contribution in [0.15, 0.2) is 45.7 Å². The number of aromatic nitrogens is 3. The molecule has 8 heteroatoms. The lowest BCUT2D eigenvalue weighted by Crippen LogP contribution is -2.22. The van der Waals surface area contributed by atoms with Gasteiger partial charge in [0.25, 0.3) is 5.56 Å². The minimum absolute atomic E-state index is 0.157. The molecule has 0 unspecified atom stereocenters. The zero-order valence-electron chi connectivity index (χ0n) is 14.2. The second-order valence-electron chi connectivity index (χ2n) is 5.71. The van der Waals surface area contributed by atoms with Crippen molar-refractivity contribution in [2.75, 3.05) is 12.4 Å². The number of methoxy groups -OCH3 is 1. The number of hydrogen-bond donors (Lipinski definition) is 2. The summed E-state index contributed by atoms with van der Waals surface area (Å²) in [7, 11) is 1.51. The Hall–Kier alpha value is -3.39. The van der Waals surface area contributed by atoms with Crippen molar-refractivity contribution in [1.82, 2.24) is 14.4 Å². The van der Waals surface area contributed by atoms with Crippen molar-refractivity contribution in [2.45, 2.75) is 13.5 Å². The Kier molecular flexibility index (Phi) is 3.81. The number of anilines is 2. The molecule has 0 spiro atoms. The molecule has 0 saturated carbocycles. The second kappa shape index (κ2) is 6.16. The number of hydrogen-bond acceptors (Lipinski definition) is 7. The van der Waals surface area contributed by atoms with Crippen molar-refractivity contribution in [3.8, 4) is 5.75 Å². The summed E-state index contributed by atoms with van der Waals surface area (Å²) in [5.41, 5.74) is 2.17. The molecular formula is C18H16N4O4. The van der Waals surface area contributed by atoms with E-state index in [0.717, 1.165) is 5.52 Å².